The maximum atomic E-state index is 11.5. The van der Waals surface area contributed by atoms with E-state index in [0.717, 1.165) is 11.5 Å². The molecular formula is C13H20N2O2. The van der Waals surface area contributed by atoms with Gasteiger partial charge >= 0.3 is 5.97 Å². The molecule has 0 spiro atoms. The van der Waals surface area contributed by atoms with E-state index in [-0.39, 0.29) is 18.6 Å². The van der Waals surface area contributed by atoms with Crippen molar-refractivity contribution in [2.75, 3.05) is 18.1 Å². The zero-order chi connectivity index (χ0) is 12.8. The van der Waals surface area contributed by atoms with Crippen LogP contribution in [0, 0.1) is 6.92 Å². The van der Waals surface area contributed by atoms with E-state index < -0.39 is 0 Å². The molecule has 0 bridgehead atoms. The van der Waals surface area contributed by atoms with Gasteiger partial charge < -0.3 is 9.64 Å². The summed E-state index contributed by atoms with van der Waals surface area (Å²) in [7, 11) is 0. The van der Waals surface area contributed by atoms with Crippen LogP contribution in [0.25, 0.3) is 0 Å². The molecular weight excluding hydrogens is 216 g/mol. The molecule has 1 aromatic heterocycles. The molecule has 4 heteroatoms. The zero-order valence-corrected chi connectivity index (χ0v) is 10.9. The van der Waals surface area contributed by atoms with Gasteiger partial charge in [0.25, 0.3) is 0 Å². The molecule has 0 aliphatic rings. The fourth-order valence-electron chi connectivity index (χ4n) is 1.56. The Labute approximate surface area is 103 Å². The highest BCUT2D eigenvalue weighted by atomic mass is 16.5. The van der Waals surface area contributed by atoms with Crippen LogP contribution in [-0.2, 0) is 9.53 Å². The fraction of sp³-hybridized carbons (Fsp3) is 0.538. The Balaban J connectivity index is 2.82. The first-order valence-corrected chi connectivity index (χ1v) is 5.90. The molecule has 1 heterocycles. The van der Waals surface area contributed by atoms with Crippen molar-refractivity contribution in [2.24, 2.45) is 0 Å². The van der Waals surface area contributed by atoms with Crippen LogP contribution < -0.4 is 4.90 Å². The maximum absolute atomic E-state index is 11.5. The summed E-state index contributed by atoms with van der Waals surface area (Å²) in [5.74, 6) is 0.595. The lowest BCUT2D eigenvalue weighted by Crippen LogP contribution is -2.37. The van der Waals surface area contributed by atoms with Crippen molar-refractivity contribution in [1.29, 1.82) is 0 Å². The van der Waals surface area contributed by atoms with Crippen molar-refractivity contribution in [3.05, 3.63) is 23.9 Å². The van der Waals surface area contributed by atoms with Crippen LogP contribution in [0.1, 0.15) is 26.5 Å². The van der Waals surface area contributed by atoms with Gasteiger partial charge in [0.05, 0.1) is 6.61 Å². The molecule has 4 nitrogen and oxygen atoms in total. The number of esters is 1. The third-order valence-corrected chi connectivity index (χ3v) is 2.40. The van der Waals surface area contributed by atoms with Crippen molar-refractivity contribution < 1.29 is 9.53 Å². The second-order valence-corrected chi connectivity index (χ2v) is 4.16. The molecule has 0 aliphatic carbocycles. The minimum absolute atomic E-state index is 0.203. The summed E-state index contributed by atoms with van der Waals surface area (Å²) in [4.78, 5) is 17.9. The molecule has 0 radical (unpaired) electrons. The van der Waals surface area contributed by atoms with Crippen LogP contribution in [0.15, 0.2) is 18.2 Å². The van der Waals surface area contributed by atoms with Gasteiger partial charge in [-0.15, -0.1) is 0 Å². The molecule has 0 unspecified atom stereocenters. The van der Waals surface area contributed by atoms with E-state index in [4.69, 9.17) is 4.74 Å². The highest BCUT2D eigenvalue weighted by Crippen LogP contribution is 2.14. The first-order valence-electron chi connectivity index (χ1n) is 5.90. The number of carbonyl (C=O) groups excluding carboxylic acids is 1. The quantitative estimate of drug-likeness (QED) is 0.735. The lowest BCUT2D eigenvalue weighted by Gasteiger charge is -2.26. The van der Waals surface area contributed by atoms with Crippen molar-refractivity contribution >= 4 is 11.8 Å². The SMILES string of the molecule is CCOC(=O)CN(c1cccc(C)n1)C(C)C. The molecule has 17 heavy (non-hydrogen) atoms. The monoisotopic (exact) mass is 236 g/mol. The number of rotatable bonds is 5. The van der Waals surface area contributed by atoms with Crippen LogP contribution in [0.5, 0.6) is 0 Å². The van der Waals surface area contributed by atoms with Crippen LogP contribution >= 0.6 is 0 Å². The van der Waals surface area contributed by atoms with E-state index in [1.807, 2.05) is 50.8 Å². The van der Waals surface area contributed by atoms with Crippen molar-refractivity contribution in [1.82, 2.24) is 4.98 Å². The Hall–Kier alpha value is -1.58. The molecule has 94 valence electrons. The smallest absolute Gasteiger partial charge is 0.325 e. The molecule has 0 aliphatic heterocycles. The lowest BCUT2D eigenvalue weighted by atomic mass is 10.3. The van der Waals surface area contributed by atoms with E-state index in [2.05, 4.69) is 4.98 Å². The van der Waals surface area contributed by atoms with Gasteiger partial charge in [-0.3, -0.25) is 4.79 Å². The zero-order valence-electron chi connectivity index (χ0n) is 10.9. The van der Waals surface area contributed by atoms with Crippen LogP contribution in [0.2, 0.25) is 0 Å². The highest BCUT2D eigenvalue weighted by Gasteiger charge is 2.16. The molecule has 1 rings (SSSR count). The largest absolute Gasteiger partial charge is 0.465 e. The minimum Gasteiger partial charge on any atom is -0.465 e. The Morgan fingerprint density at radius 3 is 2.71 bits per heavy atom. The standard InChI is InChI=1S/C13H20N2O2/c1-5-17-13(16)9-15(10(2)3)12-8-6-7-11(4)14-12/h6-8,10H,5,9H2,1-4H3. The number of pyridine rings is 1. The normalized spacial score (nSPS) is 10.4. The van der Waals surface area contributed by atoms with Gasteiger partial charge in [0.15, 0.2) is 0 Å². The molecule has 0 aromatic carbocycles. The minimum atomic E-state index is -0.218. The molecule has 0 N–H and O–H groups in total. The summed E-state index contributed by atoms with van der Waals surface area (Å²) in [6, 6.07) is 5.99. The first-order chi connectivity index (χ1) is 8.04. The summed E-state index contributed by atoms with van der Waals surface area (Å²) in [5.41, 5.74) is 0.942. The average Bonchev–Trinajstić information content (AvgIpc) is 2.26. The Morgan fingerprint density at radius 1 is 1.47 bits per heavy atom. The number of anilines is 1. The highest BCUT2D eigenvalue weighted by molar-refractivity contribution is 5.75. The summed E-state index contributed by atoms with van der Waals surface area (Å²) in [6.45, 7) is 8.45. The van der Waals surface area contributed by atoms with E-state index in [1.165, 1.54) is 0 Å². The predicted molar refractivity (Wildman–Crippen MR) is 68.1 cm³/mol. The first kappa shape index (κ1) is 13.5. The molecule has 0 saturated carbocycles. The van der Waals surface area contributed by atoms with Crippen molar-refractivity contribution in [3.8, 4) is 0 Å². The number of nitrogens with zero attached hydrogens (tertiary/aromatic N) is 2. The van der Waals surface area contributed by atoms with E-state index in [0.29, 0.717) is 6.61 Å². The number of ether oxygens (including phenoxy) is 1. The number of hydrogen-bond donors (Lipinski definition) is 0. The van der Waals surface area contributed by atoms with Gasteiger partial charge in [0.1, 0.15) is 12.4 Å². The third-order valence-electron chi connectivity index (χ3n) is 2.40. The Morgan fingerprint density at radius 2 is 2.18 bits per heavy atom. The summed E-state index contributed by atoms with van der Waals surface area (Å²) in [6.07, 6.45) is 0. The lowest BCUT2D eigenvalue weighted by molar-refractivity contribution is -0.141. The van der Waals surface area contributed by atoms with Gasteiger partial charge in [-0.2, -0.15) is 0 Å². The topological polar surface area (TPSA) is 42.4 Å². The van der Waals surface area contributed by atoms with Gasteiger partial charge in [-0.05, 0) is 39.8 Å². The number of carbonyl (C=O) groups is 1. The van der Waals surface area contributed by atoms with E-state index >= 15 is 0 Å². The molecule has 0 amide bonds. The fourth-order valence-corrected chi connectivity index (χ4v) is 1.56. The second-order valence-electron chi connectivity index (χ2n) is 4.16. The average molecular weight is 236 g/mol. The summed E-state index contributed by atoms with van der Waals surface area (Å²) >= 11 is 0. The van der Waals surface area contributed by atoms with Crippen LogP contribution in [0.3, 0.4) is 0 Å². The number of aromatic nitrogens is 1. The Kier molecular flexibility index (Phi) is 4.94. The molecule has 0 saturated heterocycles. The van der Waals surface area contributed by atoms with Gasteiger partial charge in [0, 0.05) is 11.7 Å². The summed E-state index contributed by atoms with van der Waals surface area (Å²) < 4.78 is 4.97. The van der Waals surface area contributed by atoms with Crippen LogP contribution in [-0.4, -0.2) is 30.1 Å². The summed E-state index contributed by atoms with van der Waals surface area (Å²) in [5, 5.41) is 0. The maximum Gasteiger partial charge on any atom is 0.325 e. The van der Waals surface area contributed by atoms with Crippen molar-refractivity contribution in [3.63, 3.8) is 0 Å². The molecule has 1 aromatic rings. The van der Waals surface area contributed by atoms with E-state index in [1.54, 1.807) is 0 Å². The number of aryl methyl sites for hydroxylation is 1. The Bertz CT molecular complexity index is 377. The second kappa shape index (κ2) is 6.23. The predicted octanol–water partition coefficient (Wildman–Crippen LogP) is 2.17. The van der Waals surface area contributed by atoms with Crippen molar-refractivity contribution in [2.45, 2.75) is 33.7 Å². The molecule has 0 fully saturated rings. The van der Waals surface area contributed by atoms with Gasteiger partial charge in [-0.25, -0.2) is 4.98 Å². The number of hydrogen-bond acceptors (Lipinski definition) is 4. The van der Waals surface area contributed by atoms with Gasteiger partial charge in [-0.1, -0.05) is 6.07 Å². The van der Waals surface area contributed by atoms with Crippen LogP contribution in [0.4, 0.5) is 5.82 Å². The van der Waals surface area contributed by atoms with Gasteiger partial charge in [0.2, 0.25) is 0 Å². The van der Waals surface area contributed by atoms with E-state index in [9.17, 15) is 4.79 Å². The molecule has 0 atom stereocenters. The third kappa shape index (κ3) is 4.06.